The molecule has 0 radical (unpaired) electrons. The maximum Gasteiger partial charge on any atom is 0.177 e. The van der Waals surface area contributed by atoms with E-state index in [0.717, 1.165) is 28.9 Å². The summed E-state index contributed by atoms with van der Waals surface area (Å²) in [5.74, 6) is 0.956. The van der Waals surface area contributed by atoms with Gasteiger partial charge in [-0.2, -0.15) is 0 Å². The van der Waals surface area contributed by atoms with Crippen molar-refractivity contribution in [3.8, 4) is 5.75 Å². The standard InChI is InChI=1S/C11H11BrO2/c1-6-3-7-4-9(12)11(13)8(7)5-10(6)14-2/h3,5,9H,4H2,1-2H3. The molecule has 0 N–H and O–H groups in total. The number of alkyl halides is 1. The molecule has 3 heteroatoms. The lowest BCUT2D eigenvalue weighted by molar-refractivity contribution is 0.100. The summed E-state index contributed by atoms with van der Waals surface area (Å²) in [4.78, 5) is 11.6. The Morgan fingerprint density at radius 2 is 2.21 bits per heavy atom. The van der Waals surface area contributed by atoms with Gasteiger partial charge < -0.3 is 4.74 Å². The lowest BCUT2D eigenvalue weighted by Gasteiger charge is -2.06. The summed E-state index contributed by atoms with van der Waals surface area (Å²) in [6.07, 6.45) is 0.791. The second-order valence-electron chi connectivity index (χ2n) is 3.51. The number of Topliss-reactive ketones (excluding diaryl/α,β-unsaturated/α-hetero) is 1. The van der Waals surface area contributed by atoms with Crippen molar-refractivity contribution in [3.05, 3.63) is 28.8 Å². The molecule has 0 saturated heterocycles. The average molecular weight is 255 g/mol. The molecule has 1 aromatic rings. The fourth-order valence-electron chi connectivity index (χ4n) is 1.82. The number of ether oxygens (including phenoxy) is 1. The lowest BCUT2D eigenvalue weighted by atomic mass is 10.1. The molecule has 1 aliphatic rings. The summed E-state index contributed by atoms with van der Waals surface area (Å²) < 4.78 is 5.19. The number of fused-ring (bicyclic) bond motifs is 1. The summed E-state index contributed by atoms with van der Waals surface area (Å²) in [6, 6.07) is 3.88. The minimum Gasteiger partial charge on any atom is -0.496 e. The zero-order valence-corrected chi connectivity index (χ0v) is 9.72. The van der Waals surface area contributed by atoms with Crippen LogP contribution in [0.1, 0.15) is 21.5 Å². The Labute approximate surface area is 91.4 Å². The van der Waals surface area contributed by atoms with Gasteiger partial charge in [0.2, 0.25) is 0 Å². The van der Waals surface area contributed by atoms with Crippen LogP contribution in [0.15, 0.2) is 12.1 Å². The second-order valence-corrected chi connectivity index (χ2v) is 4.62. The molecule has 1 aliphatic carbocycles. The highest BCUT2D eigenvalue weighted by Crippen LogP contribution is 2.32. The van der Waals surface area contributed by atoms with Crippen molar-refractivity contribution in [1.82, 2.24) is 0 Å². The van der Waals surface area contributed by atoms with E-state index in [9.17, 15) is 4.79 Å². The number of aryl methyl sites for hydroxylation is 1. The Balaban J connectivity index is 2.55. The number of carbonyl (C=O) groups is 1. The van der Waals surface area contributed by atoms with Crippen LogP contribution in [-0.2, 0) is 6.42 Å². The molecule has 0 spiro atoms. The summed E-state index contributed by atoms with van der Waals surface area (Å²) in [7, 11) is 1.62. The summed E-state index contributed by atoms with van der Waals surface area (Å²) >= 11 is 3.37. The third-order valence-electron chi connectivity index (χ3n) is 2.57. The molecule has 14 heavy (non-hydrogen) atoms. The number of carbonyl (C=O) groups excluding carboxylic acids is 1. The Morgan fingerprint density at radius 1 is 1.50 bits per heavy atom. The first-order chi connectivity index (χ1) is 6.63. The summed E-state index contributed by atoms with van der Waals surface area (Å²) in [5.41, 5.74) is 3.00. The van der Waals surface area contributed by atoms with Gasteiger partial charge >= 0.3 is 0 Å². The zero-order chi connectivity index (χ0) is 10.3. The van der Waals surface area contributed by atoms with E-state index < -0.39 is 0 Å². The van der Waals surface area contributed by atoms with Crippen molar-refractivity contribution >= 4 is 21.7 Å². The Hall–Kier alpha value is -0.830. The average Bonchev–Trinajstić information content (AvgIpc) is 2.41. The van der Waals surface area contributed by atoms with E-state index in [2.05, 4.69) is 15.9 Å². The van der Waals surface area contributed by atoms with Crippen molar-refractivity contribution in [2.24, 2.45) is 0 Å². The molecule has 0 saturated carbocycles. The van der Waals surface area contributed by atoms with Gasteiger partial charge in [0.05, 0.1) is 11.9 Å². The summed E-state index contributed by atoms with van der Waals surface area (Å²) in [5, 5.41) is 0. The fourth-order valence-corrected chi connectivity index (χ4v) is 2.42. The van der Waals surface area contributed by atoms with E-state index in [0.29, 0.717) is 0 Å². The monoisotopic (exact) mass is 254 g/mol. The van der Waals surface area contributed by atoms with Gasteiger partial charge in [-0.3, -0.25) is 4.79 Å². The van der Waals surface area contributed by atoms with Crippen molar-refractivity contribution in [3.63, 3.8) is 0 Å². The third kappa shape index (κ3) is 1.36. The van der Waals surface area contributed by atoms with Crippen LogP contribution in [0.2, 0.25) is 0 Å². The molecule has 0 heterocycles. The van der Waals surface area contributed by atoms with Crippen LogP contribution in [0.4, 0.5) is 0 Å². The molecule has 1 aromatic carbocycles. The molecule has 0 aromatic heterocycles. The molecule has 0 amide bonds. The van der Waals surface area contributed by atoms with Crippen LogP contribution in [0.5, 0.6) is 5.75 Å². The van der Waals surface area contributed by atoms with E-state index in [4.69, 9.17) is 4.74 Å². The number of hydrogen-bond donors (Lipinski definition) is 0. The first-order valence-corrected chi connectivity index (χ1v) is 5.41. The molecular formula is C11H11BrO2. The molecule has 74 valence electrons. The highest BCUT2D eigenvalue weighted by molar-refractivity contribution is 9.10. The normalized spacial score (nSPS) is 19.6. The number of methoxy groups -OCH3 is 1. The first kappa shape index (κ1) is 9.71. The maximum atomic E-state index is 11.7. The van der Waals surface area contributed by atoms with Gasteiger partial charge in [0, 0.05) is 5.56 Å². The topological polar surface area (TPSA) is 26.3 Å². The molecule has 2 nitrogen and oxygen atoms in total. The van der Waals surface area contributed by atoms with Crippen LogP contribution in [-0.4, -0.2) is 17.7 Å². The first-order valence-electron chi connectivity index (χ1n) is 4.49. The summed E-state index contributed by atoms with van der Waals surface area (Å²) in [6.45, 7) is 1.99. The lowest BCUT2D eigenvalue weighted by Crippen LogP contribution is -2.06. The van der Waals surface area contributed by atoms with E-state index in [1.807, 2.05) is 19.1 Å². The second kappa shape index (κ2) is 3.39. The predicted octanol–water partition coefficient (Wildman–Crippen LogP) is 2.51. The van der Waals surface area contributed by atoms with Gasteiger partial charge in [-0.15, -0.1) is 0 Å². The van der Waals surface area contributed by atoms with Crippen LogP contribution >= 0.6 is 15.9 Å². The van der Waals surface area contributed by atoms with Crippen LogP contribution < -0.4 is 4.74 Å². The van der Waals surface area contributed by atoms with Gasteiger partial charge in [-0.05, 0) is 30.5 Å². The fraction of sp³-hybridized carbons (Fsp3) is 0.364. The largest absolute Gasteiger partial charge is 0.496 e. The van der Waals surface area contributed by atoms with Crippen molar-refractivity contribution < 1.29 is 9.53 Å². The minimum absolute atomic E-state index is 0.0518. The van der Waals surface area contributed by atoms with Crippen LogP contribution in [0.3, 0.4) is 0 Å². The number of halogens is 1. The number of ketones is 1. The van der Waals surface area contributed by atoms with Crippen molar-refractivity contribution in [2.75, 3.05) is 7.11 Å². The number of hydrogen-bond acceptors (Lipinski definition) is 2. The molecule has 1 unspecified atom stereocenters. The third-order valence-corrected chi connectivity index (χ3v) is 3.31. The SMILES string of the molecule is COc1cc2c(cc1C)CC(Br)C2=O. The van der Waals surface area contributed by atoms with Gasteiger partial charge in [-0.1, -0.05) is 22.0 Å². The Kier molecular flexibility index (Phi) is 2.35. The minimum atomic E-state index is -0.0518. The van der Waals surface area contributed by atoms with Crippen LogP contribution in [0.25, 0.3) is 0 Å². The van der Waals surface area contributed by atoms with Gasteiger partial charge in [-0.25, -0.2) is 0 Å². The molecular weight excluding hydrogens is 244 g/mol. The highest BCUT2D eigenvalue weighted by Gasteiger charge is 2.29. The molecule has 0 bridgehead atoms. The van der Waals surface area contributed by atoms with E-state index >= 15 is 0 Å². The molecule has 2 rings (SSSR count). The molecule has 0 aliphatic heterocycles. The van der Waals surface area contributed by atoms with Gasteiger partial charge in [0.15, 0.2) is 5.78 Å². The van der Waals surface area contributed by atoms with Crippen LogP contribution in [0, 0.1) is 6.92 Å². The number of rotatable bonds is 1. The Morgan fingerprint density at radius 3 is 2.86 bits per heavy atom. The van der Waals surface area contributed by atoms with E-state index in [1.54, 1.807) is 7.11 Å². The van der Waals surface area contributed by atoms with E-state index in [-0.39, 0.29) is 10.6 Å². The quantitative estimate of drug-likeness (QED) is 0.721. The van der Waals surface area contributed by atoms with E-state index in [1.165, 1.54) is 0 Å². The van der Waals surface area contributed by atoms with Gasteiger partial charge in [0.1, 0.15) is 5.75 Å². The predicted molar refractivity (Wildman–Crippen MR) is 58.5 cm³/mol. The number of benzene rings is 1. The molecule has 1 atom stereocenters. The van der Waals surface area contributed by atoms with Gasteiger partial charge in [0.25, 0.3) is 0 Å². The molecule has 0 fully saturated rings. The maximum absolute atomic E-state index is 11.7. The van der Waals surface area contributed by atoms with Crippen molar-refractivity contribution in [1.29, 1.82) is 0 Å². The smallest absolute Gasteiger partial charge is 0.177 e. The zero-order valence-electron chi connectivity index (χ0n) is 8.13. The van der Waals surface area contributed by atoms with Crippen molar-refractivity contribution in [2.45, 2.75) is 18.2 Å². The Bertz CT molecular complexity index is 399. The highest BCUT2D eigenvalue weighted by atomic mass is 79.9.